The number of aliphatic carboxylic acids is 1. The molecule has 1 heterocycles. The third-order valence-electron chi connectivity index (χ3n) is 2.85. The number of methoxy groups -OCH3 is 1. The number of nitro groups is 1. The van der Waals surface area contributed by atoms with Crippen LogP contribution < -0.4 is 4.74 Å². The number of hydrogen-bond donors (Lipinski definition) is 1. The highest BCUT2D eigenvalue weighted by Crippen LogP contribution is 2.36. The maximum Gasteiger partial charge on any atom is 0.313 e. The Morgan fingerprint density at radius 2 is 2.33 bits per heavy atom. The van der Waals surface area contributed by atoms with Gasteiger partial charge in [0.1, 0.15) is 11.7 Å². The Hall–Kier alpha value is -2.15. The van der Waals surface area contributed by atoms with Crippen molar-refractivity contribution in [2.75, 3.05) is 7.11 Å². The van der Waals surface area contributed by atoms with Gasteiger partial charge in [0.2, 0.25) is 6.29 Å². The average Bonchev–Trinajstić information content (AvgIpc) is 2.35. The summed E-state index contributed by atoms with van der Waals surface area (Å²) < 4.78 is 10.3. The van der Waals surface area contributed by atoms with Crippen molar-refractivity contribution < 1.29 is 24.3 Å². The van der Waals surface area contributed by atoms with Crippen LogP contribution in [0.5, 0.6) is 5.75 Å². The van der Waals surface area contributed by atoms with E-state index in [1.165, 1.54) is 19.2 Å². The van der Waals surface area contributed by atoms with E-state index in [1.807, 2.05) is 0 Å². The van der Waals surface area contributed by atoms with Crippen LogP contribution in [0.2, 0.25) is 0 Å². The number of carboxylic acids is 1. The molecule has 7 nitrogen and oxygen atoms in total. The Morgan fingerprint density at radius 1 is 1.61 bits per heavy atom. The summed E-state index contributed by atoms with van der Waals surface area (Å²) in [5, 5.41) is 19.9. The molecule has 1 aromatic rings. The zero-order chi connectivity index (χ0) is 13.3. The lowest BCUT2D eigenvalue weighted by atomic mass is 9.94. The van der Waals surface area contributed by atoms with E-state index in [1.54, 1.807) is 6.07 Å². The molecule has 1 aliphatic heterocycles. The molecular weight excluding hydrogens is 242 g/mol. The quantitative estimate of drug-likeness (QED) is 0.642. The molecule has 7 heteroatoms. The number of carbonyl (C=O) groups is 1. The van der Waals surface area contributed by atoms with Crippen molar-refractivity contribution in [2.24, 2.45) is 5.92 Å². The number of carboxylic acid groups (broad SMARTS) is 1. The number of rotatable bonds is 3. The van der Waals surface area contributed by atoms with Crippen molar-refractivity contribution in [1.29, 1.82) is 0 Å². The Morgan fingerprint density at radius 3 is 2.89 bits per heavy atom. The highest BCUT2D eigenvalue weighted by molar-refractivity contribution is 5.72. The lowest BCUT2D eigenvalue weighted by Gasteiger charge is -2.29. The number of fused-ring (bicyclic) bond motifs is 1. The number of hydrogen-bond acceptors (Lipinski definition) is 5. The van der Waals surface area contributed by atoms with E-state index in [9.17, 15) is 14.9 Å². The van der Waals surface area contributed by atoms with E-state index < -0.39 is 23.1 Å². The fraction of sp³-hybridized carbons (Fsp3) is 0.364. The van der Waals surface area contributed by atoms with E-state index in [0.29, 0.717) is 11.3 Å². The first-order chi connectivity index (χ1) is 8.54. The van der Waals surface area contributed by atoms with Gasteiger partial charge >= 0.3 is 5.97 Å². The van der Waals surface area contributed by atoms with Crippen molar-refractivity contribution in [3.63, 3.8) is 0 Å². The molecule has 0 amide bonds. The number of benzene rings is 1. The molecule has 0 fully saturated rings. The van der Waals surface area contributed by atoms with E-state index in [2.05, 4.69) is 0 Å². The van der Waals surface area contributed by atoms with Crippen molar-refractivity contribution >= 4 is 11.7 Å². The molecule has 18 heavy (non-hydrogen) atoms. The summed E-state index contributed by atoms with van der Waals surface area (Å²) in [7, 11) is 1.34. The van der Waals surface area contributed by atoms with Crippen LogP contribution in [0.15, 0.2) is 18.2 Å². The average molecular weight is 253 g/mol. The maximum atomic E-state index is 11.1. The molecule has 2 atom stereocenters. The topological polar surface area (TPSA) is 98.9 Å². The molecular formula is C11H11NO6. The Kier molecular flexibility index (Phi) is 3.15. The first-order valence-electron chi connectivity index (χ1n) is 5.23. The van der Waals surface area contributed by atoms with Gasteiger partial charge in [-0.05, 0) is 6.07 Å². The number of nitrogens with zero attached hydrogens (tertiary/aromatic N) is 1. The van der Waals surface area contributed by atoms with Crippen LogP contribution in [-0.2, 0) is 16.0 Å². The van der Waals surface area contributed by atoms with Crippen LogP contribution in [0, 0.1) is 16.0 Å². The van der Waals surface area contributed by atoms with Gasteiger partial charge in [-0.3, -0.25) is 14.9 Å². The molecule has 0 radical (unpaired) electrons. The molecule has 1 N–H and O–H groups in total. The lowest BCUT2D eigenvalue weighted by molar-refractivity contribution is -0.385. The third kappa shape index (κ3) is 2.00. The summed E-state index contributed by atoms with van der Waals surface area (Å²) in [4.78, 5) is 21.4. The zero-order valence-electron chi connectivity index (χ0n) is 9.53. The predicted molar refractivity (Wildman–Crippen MR) is 59.4 cm³/mol. The smallest absolute Gasteiger partial charge is 0.313 e. The van der Waals surface area contributed by atoms with Crippen LogP contribution in [0.25, 0.3) is 0 Å². The Balaban J connectivity index is 2.45. The molecule has 0 aliphatic carbocycles. The predicted octanol–water partition coefficient (Wildman–Crippen LogP) is 1.20. The van der Waals surface area contributed by atoms with Gasteiger partial charge in [-0.2, -0.15) is 0 Å². The number of ether oxygens (including phenoxy) is 2. The molecule has 0 bridgehead atoms. The van der Waals surface area contributed by atoms with Crippen LogP contribution in [0.1, 0.15) is 5.56 Å². The SMILES string of the molecule is COC1Oc2cccc([N+](=O)[O-])c2CC1C(=O)O. The zero-order valence-corrected chi connectivity index (χ0v) is 9.53. The molecule has 1 aromatic carbocycles. The number of nitro benzene ring substituents is 1. The minimum atomic E-state index is -1.11. The minimum absolute atomic E-state index is 0.0142. The van der Waals surface area contributed by atoms with Crippen LogP contribution in [-0.4, -0.2) is 29.4 Å². The van der Waals surface area contributed by atoms with Gasteiger partial charge in [-0.1, -0.05) is 6.07 Å². The normalized spacial score (nSPS) is 21.8. The van der Waals surface area contributed by atoms with Gasteiger partial charge in [-0.15, -0.1) is 0 Å². The summed E-state index contributed by atoms with van der Waals surface area (Å²) in [6.07, 6.45) is -0.919. The third-order valence-corrected chi connectivity index (χ3v) is 2.85. The molecule has 0 saturated carbocycles. The molecule has 96 valence electrons. The van der Waals surface area contributed by atoms with Gasteiger partial charge < -0.3 is 14.6 Å². The van der Waals surface area contributed by atoms with Gasteiger partial charge in [0.15, 0.2) is 0 Å². The summed E-state index contributed by atoms with van der Waals surface area (Å²) >= 11 is 0. The summed E-state index contributed by atoms with van der Waals surface area (Å²) in [6.45, 7) is 0. The van der Waals surface area contributed by atoms with Gasteiger partial charge in [-0.25, -0.2) is 0 Å². The van der Waals surface area contributed by atoms with Crippen molar-refractivity contribution in [3.8, 4) is 5.75 Å². The second-order valence-corrected chi connectivity index (χ2v) is 3.88. The lowest BCUT2D eigenvalue weighted by Crippen LogP contribution is -2.39. The summed E-state index contributed by atoms with van der Waals surface area (Å²) in [5.41, 5.74) is 0.163. The van der Waals surface area contributed by atoms with Crippen molar-refractivity contribution in [2.45, 2.75) is 12.7 Å². The van der Waals surface area contributed by atoms with E-state index in [4.69, 9.17) is 14.6 Å². The van der Waals surface area contributed by atoms with Gasteiger partial charge in [0.25, 0.3) is 5.69 Å². The van der Waals surface area contributed by atoms with Crippen molar-refractivity contribution in [1.82, 2.24) is 0 Å². The van der Waals surface area contributed by atoms with Crippen molar-refractivity contribution in [3.05, 3.63) is 33.9 Å². The largest absolute Gasteiger partial charge is 0.481 e. The van der Waals surface area contributed by atoms with Crippen LogP contribution >= 0.6 is 0 Å². The minimum Gasteiger partial charge on any atom is -0.481 e. The first-order valence-corrected chi connectivity index (χ1v) is 5.23. The highest BCUT2D eigenvalue weighted by Gasteiger charge is 2.38. The van der Waals surface area contributed by atoms with Gasteiger partial charge in [0.05, 0.1) is 10.5 Å². The second-order valence-electron chi connectivity index (χ2n) is 3.88. The highest BCUT2D eigenvalue weighted by atomic mass is 16.7. The molecule has 0 aromatic heterocycles. The van der Waals surface area contributed by atoms with Crippen LogP contribution in [0.3, 0.4) is 0 Å². The molecule has 0 spiro atoms. The molecule has 2 rings (SSSR count). The first kappa shape index (κ1) is 12.3. The second kappa shape index (κ2) is 4.61. The fourth-order valence-corrected chi connectivity index (χ4v) is 1.98. The fourth-order valence-electron chi connectivity index (χ4n) is 1.98. The van der Waals surface area contributed by atoms with Gasteiger partial charge in [0, 0.05) is 19.6 Å². The standard InChI is InChI=1S/C11H11NO6/c1-17-11-7(10(13)14)5-6-8(12(15)16)3-2-4-9(6)18-11/h2-4,7,11H,5H2,1H3,(H,13,14). The van der Waals surface area contributed by atoms with Crippen LogP contribution in [0.4, 0.5) is 5.69 Å². The Bertz CT molecular complexity index is 500. The monoisotopic (exact) mass is 253 g/mol. The summed E-state index contributed by atoms with van der Waals surface area (Å²) in [6, 6.07) is 4.38. The van der Waals surface area contributed by atoms with E-state index in [0.717, 1.165) is 0 Å². The molecule has 1 aliphatic rings. The van der Waals surface area contributed by atoms with E-state index >= 15 is 0 Å². The van der Waals surface area contributed by atoms with E-state index in [-0.39, 0.29) is 12.1 Å². The molecule has 0 saturated heterocycles. The maximum absolute atomic E-state index is 11.1. The molecule has 2 unspecified atom stereocenters. The Labute approximate surface area is 102 Å². The summed E-state index contributed by atoms with van der Waals surface area (Å²) in [5.74, 6) is -1.76.